The van der Waals surface area contributed by atoms with Gasteiger partial charge in [-0.2, -0.15) is 0 Å². The number of ether oxygens (including phenoxy) is 1. The summed E-state index contributed by atoms with van der Waals surface area (Å²) in [6.45, 7) is 0.296. The molecule has 3 aromatic carbocycles. The number of anilines is 1. The van der Waals surface area contributed by atoms with Crippen LogP contribution in [0.3, 0.4) is 0 Å². The molecule has 0 aliphatic heterocycles. The Labute approximate surface area is 186 Å². The van der Waals surface area contributed by atoms with Gasteiger partial charge in [-0.3, -0.25) is 4.79 Å². The highest BCUT2D eigenvalue weighted by molar-refractivity contribution is 5.91. The second kappa shape index (κ2) is 9.01. The van der Waals surface area contributed by atoms with Crippen LogP contribution in [0.1, 0.15) is 25.3 Å². The molecule has 1 fully saturated rings. The molecule has 1 heterocycles. The quantitative estimate of drug-likeness (QED) is 0.441. The van der Waals surface area contributed by atoms with Crippen LogP contribution in [0.15, 0.2) is 78.9 Å². The highest BCUT2D eigenvalue weighted by Crippen LogP contribution is 2.36. The predicted octanol–water partition coefficient (Wildman–Crippen LogP) is 4.75. The van der Waals surface area contributed by atoms with Crippen molar-refractivity contribution in [3.8, 4) is 28.3 Å². The van der Waals surface area contributed by atoms with Crippen LogP contribution >= 0.6 is 0 Å². The Morgan fingerprint density at radius 1 is 0.938 bits per heavy atom. The van der Waals surface area contributed by atoms with Gasteiger partial charge in [0.1, 0.15) is 5.75 Å². The van der Waals surface area contributed by atoms with Gasteiger partial charge in [0.15, 0.2) is 5.82 Å². The Bertz CT molecular complexity index is 1200. The zero-order valence-electron chi connectivity index (χ0n) is 17.5. The van der Waals surface area contributed by atoms with E-state index < -0.39 is 0 Å². The number of nitrogens with one attached hydrogen (secondary N) is 1. The Morgan fingerprint density at radius 3 is 2.47 bits per heavy atom. The first-order valence-corrected chi connectivity index (χ1v) is 10.7. The van der Waals surface area contributed by atoms with Crippen molar-refractivity contribution in [1.29, 1.82) is 0 Å². The smallest absolute Gasteiger partial charge is 0.227 e. The lowest BCUT2D eigenvalue weighted by molar-refractivity contribution is -0.116. The topological polar surface area (TPSA) is 81.9 Å². The highest BCUT2D eigenvalue weighted by Gasteiger charge is 2.28. The fraction of sp³-hybridized carbons (Fsp3) is 0.200. The molecule has 1 N–H and O–H groups in total. The minimum Gasteiger partial charge on any atom is -0.492 e. The van der Waals surface area contributed by atoms with Crippen molar-refractivity contribution >= 4 is 11.6 Å². The van der Waals surface area contributed by atoms with Gasteiger partial charge in [0.25, 0.3) is 0 Å². The molecule has 1 aliphatic rings. The summed E-state index contributed by atoms with van der Waals surface area (Å²) in [6, 6.07) is 25.9. The molecule has 1 amide bonds. The number of rotatable bonds is 8. The van der Waals surface area contributed by atoms with Crippen LogP contribution in [0.4, 0.5) is 5.69 Å². The zero-order chi connectivity index (χ0) is 21.8. The largest absolute Gasteiger partial charge is 0.492 e. The molecule has 7 nitrogen and oxygen atoms in total. The number of amides is 1. The summed E-state index contributed by atoms with van der Waals surface area (Å²) in [7, 11) is 0. The fourth-order valence-corrected chi connectivity index (χ4v) is 3.58. The minimum atomic E-state index is -0.0993. The lowest BCUT2D eigenvalue weighted by atomic mass is 10.1. The zero-order valence-corrected chi connectivity index (χ0v) is 17.5. The van der Waals surface area contributed by atoms with E-state index in [0.29, 0.717) is 12.6 Å². The molecule has 160 valence electrons. The Hall–Kier alpha value is -4.00. The van der Waals surface area contributed by atoms with Gasteiger partial charge in [0.05, 0.1) is 19.1 Å². The fourth-order valence-electron chi connectivity index (χ4n) is 3.58. The van der Waals surface area contributed by atoms with Gasteiger partial charge in [-0.1, -0.05) is 48.5 Å². The lowest BCUT2D eigenvalue weighted by Gasteiger charge is -2.12. The predicted molar refractivity (Wildman–Crippen MR) is 122 cm³/mol. The van der Waals surface area contributed by atoms with E-state index in [9.17, 15) is 4.79 Å². The lowest BCUT2D eigenvalue weighted by Crippen LogP contribution is -2.15. The van der Waals surface area contributed by atoms with E-state index >= 15 is 0 Å². The van der Waals surface area contributed by atoms with Gasteiger partial charge in [0, 0.05) is 16.8 Å². The Balaban J connectivity index is 1.16. The maximum atomic E-state index is 12.4. The number of hydrogen-bond donors (Lipinski definition) is 1. The molecule has 1 saturated carbocycles. The number of carbonyl (C=O) groups excluding carboxylic acids is 1. The van der Waals surface area contributed by atoms with Crippen LogP contribution < -0.4 is 10.1 Å². The maximum Gasteiger partial charge on any atom is 0.227 e. The second-order valence-electron chi connectivity index (χ2n) is 7.76. The van der Waals surface area contributed by atoms with Crippen LogP contribution in [0, 0.1) is 0 Å². The molecule has 7 heteroatoms. The maximum absolute atomic E-state index is 12.4. The first-order chi connectivity index (χ1) is 15.8. The van der Waals surface area contributed by atoms with E-state index in [4.69, 9.17) is 4.74 Å². The molecule has 5 rings (SSSR count). The van der Waals surface area contributed by atoms with Gasteiger partial charge in [-0.05, 0) is 59.2 Å². The minimum absolute atomic E-state index is 0.0993. The molecule has 1 aliphatic carbocycles. The van der Waals surface area contributed by atoms with E-state index in [2.05, 4.69) is 20.8 Å². The standard InChI is InChI=1S/C25H23N5O2/c31-24(16-17-32-23-9-5-4-8-22(23)18-6-2-1-3-7-18)26-20-12-10-19(11-13-20)25-27-28-29-30(25)21-14-15-21/h1-13,21H,14-17H2,(H,26,31). The van der Waals surface area contributed by atoms with Gasteiger partial charge in [-0.15, -0.1) is 5.10 Å². The van der Waals surface area contributed by atoms with Crippen LogP contribution in [-0.4, -0.2) is 32.7 Å². The summed E-state index contributed by atoms with van der Waals surface area (Å²) in [6.07, 6.45) is 2.49. The third-order valence-electron chi connectivity index (χ3n) is 5.37. The molecule has 0 unspecified atom stereocenters. The molecule has 4 aromatic rings. The summed E-state index contributed by atoms with van der Waals surface area (Å²) in [5.74, 6) is 1.43. The molecule has 1 aromatic heterocycles. The molecule has 32 heavy (non-hydrogen) atoms. The number of benzene rings is 3. The molecular weight excluding hydrogens is 402 g/mol. The second-order valence-corrected chi connectivity index (χ2v) is 7.76. The van der Waals surface area contributed by atoms with E-state index in [1.807, 2.05) is 83.5 Å². The molecule has 0 saturated heterocycles. The van der Waals surface area contributed by atoms with E-state index in [-0.39, 0.29) is 12.3 Å². The first-order valence-electron chi connectivity index (χ1n) is 10.7. The molecule has 0 atom stereocenters. The van der Waals surface area contributed by atoms with Crippen LogP contribution in [0.2, 0.25) is 0 Å². The average molecular weight is 425 g/mol. The number of aromatic nitrogens is 4. The third-order valence-corrected chi connectivity index (χ3v) is 5.37. The molecule has 0 spiro atoms. The van der Waals surface area contributed by atoms with Crippen LogP contribution in [-0.2, 0) is 4.79 Å². The Kier molecular flexibility index (Phi) is 5.61. The number of tetrazole rings is 1. The summed E-state index contributed by atoms with van der Waals surface area (Å²) in [5.41, 5.74) is 3.76. The van der Waals surface area contributed by atoms with Crippen molar-refractivity contribution in [3.63, 3.8) is 0 Å². The van der Waals surface area contributed by atoms with Crippen LogP contribution in [0.25, 0.3) is 22.5 Å². The summed E-state index contributed by atoms with van der Waals surface area (Å²) < 4.78 is 7.80. The van der Waals surface area contributed by atoms with Gasteiger partial charge < -0.3 is 10.1 Å². The van der Waals surface area contributed by atoms with Gasteiger partial charge >= 0.3 is 0 Å². The van der Waals surface area contributed by atoms with E-state index in [1.54, 1.807) is 0 Å². The SMILES string of the molecule is O=C(CCOc1ccccc1-c1ccccc1)Nc1ccc(-c2nnnn2C2CC2)cc1. The van der Waals surface area contributed by atoms with E-state index in [1.165, 1.54) is 0 Å². The monoisotopic (exact) mass is 425 g/mol. The molecule has 0 bridgehead atoms. The van der Waals surface area contributed by atoms with Crippen molar-refractivity contribution < 1.29 is 9.53 Å². The molecular formula is C25H23N5O2. The third kappa shape index (κ3) is 4.51. The summed E-state index contributed by atoms with van der Waals surface area (Å²) in [5, 5.41) is 14.9. The van der Waals surface area contributed by atoms with Crippen molar-refractivity contribution in [2.45, 2.75) is 25.3 Å². The van der Waals surface area contributed by atoms with Crippen molar-refractivity contribution in [2.24, 2.45) is 0 Å². The van der Waals surface area contributed by atoms with E-state index in [0.717, 1.165) is 46.8 Å². The van der Waals surface area contributed by atoms with Crippen molar-refractivity contribution in [3.05, 3.63) is 78.9 Å². The Morgan fingerprint density at radius 2 is 1.69 bits per heavy atom. The number of carbonyl (C=O) groups is 1. The van der Waals surface area contributed by atoms with Gasteiger partial charge in [0.2, 0.25) is 5.91 Å². The first kappa shape index (κ1) is 19.9. The number of para-hydroxylation sites is 1. The average Bonchev–Trinajstić information content (AvgIpc) is 3.57. The van der Waals surface area contributed by atoms with Crippen LogP contribution in [0.5, 0.6) is 5.75 Å². The number of hydrogen-bond acceptors (Lipinski definition) is 5. The summed E-state index contributed by atoms with van der Waals surface area (Å²) in [4.78, 5) is 12.4. The highest BCUT2D eigenvalue weighted by atomic mass is 16.5. The normalized spacial score (nSPS) is 13.0. The van der Waals surface area contributed by atoms with Crippen molar-refractivity contribution in [2.75, 3.05) is 11.9 Å². The van der Waals surface area contributed by atoms with Gasteiger partial charge in [-0.25, -0.2) is 4.68 Å². The molecule has 0 radical (unpaired) electrons. The van der Waals surface area contributed by atoms with Crippen molar-refractivity contribution in [1.82, 2.24) is 20.2 Å². The summed E-state index contributed by atoms with van der Waals surface area (Å²) >= 11 is 0. The number of nitrogens with zero attached hydrogens (tertiary/aromatic N) is 4.